The highest BCUT2D eigenvalue weighted by atomic mass is 32.2. The lowest BCUT2D eigenvalue weighted by atomic mass is 10.2. The SMILES string of the molecule is CC(C)CNC(=O)C1CSCN1S(=O)(=O)c1cccs1. The Morgan fingerprint density at radius 3 is 2.90 bits per heavy atom. The Bertz CT molecular complexity index is 555. The number of nitrogens with zero attached hydrogens (tertiary/aromatic N) is 1. The van der Waals surface area contributed by atoms with Gasteiger partial charge < -0.3 is 5.32 Å². The number of nitrogens with one attached hydrogen (secondary N) is 1. The molecule has 0 aromatic carbocycles. The van der Waals surface area contributed by atoms with Crippen LogP contribution in [0.4, 0.5) is 0 Å². The largest absolute Gasteiger partial charge is 0.354 e. The van der Waals surface area contributed by atoms with Crippen LogP contribution in [0.15, 0.2) is 21.7 Å². The molecule has 2 rings (SSSR count). The number of sulfonamides is 1. The monoisotopic (exact) mass is 334 g/mol. The maximum atomic E-state index is 12.5. The summed E-state index contributed by atoms with van der Waals surface area (Å²) in [6.07, 6.45) is 0. The second-order valence-electron chi connectivity index (χ2n) is 4.98. The Kier molecular flexibility index (Phi) is 5.11. The third-order valence-electron chi connectivity index (χ3n) is 2.89. The number of carbonyl (C=O) groups excluding carboxylic acids is 1. The molecule has 1 unspecified atom stereocenters. The highest BCUT2D eigenvalue weighted by Gasteiger charge is 2.40. The minimum Gasteiger partial charge on any atom is -0.354 e. The first-order valence-electron chi connectivity index (χ1n) is 6.33. The number of hydrogen-bond acceptors (Lipinski definition) is 5. The Morgan fingerprint density at radius 2 is 2.30 bits per heavy atom. The fourth-order valence-electron chi connectivity index (χ4n) is 1.82. The molecular weight excluding hydrogens is 316 g/mol. The lowest BCUT2D eigenvalue weighted by Gasteiger charge is -2.22. The van der Waals surface area contributed by atoms with Crippen LogP contribution in [-0.4, -0.2) is 42.8 Å². The molecule has 1 N–H and O–H groups in total. The van der Waals surface area contributed by atoms with Gasteiger partial charge in [-0.3, -0.25) is 4.79 Å². The Labute approximate surface area is 127 Å². The van der Waals surface area contributed by atoms with Gasteiger partial charge in [0.25, 0.3) is 10.0 Å². The van der Waals surface area contributed by atoms with E-state index in [0.717, 1.165) is 0 Å². The summed E-state index contributed by atoms with van der Waals surface area (Å²) >= 11 is 2.65. The average molecular weight is 334 g/mol. The molecule has 1 fully saturated rings. The van der Waals surface area contributed by atoms with Gasteiger partial charge in [-0.15, -0.1) is 23.1 Å². The second kappa shape index (κ2) is 6.46. The molecule has 20 heavy (non-hydrogen) atoms. The predicted molar refractivity (Wildman–Crippen MR) is 82.3 cm³/mol. The van der Waals surface area contributed by atoms with E-state index in [2.05, 4.69) is 5.32 Å². The molecule has 1 amide bonds. The molecular formula is C12H18N2O3S3. The van der Waals surface area contributed by atoms with Crippen LogP contribution in [0.3, 0.4) is 0 Å². The van der Waals surface area contributed by atoms with E-state index < -0.39 is 16.1 Å². The molecule has 1 aliphatic heterocycles. The van der Waals surface area contributed by atoms with Crippen LogP contribution in [0.1, 0.15) is 13.8 Å². The molecule has 1 aromatic rings. The number of amides is 1. The summed E-state index contributed by atoms with van der Waals surface area (Å²) in [7, 11) is -3.56. The van der Waals surface area contributed by atoms with Gasteiger partial charge in [-0.2, -0.15) is 4.31 Å². The topological polar surface area (TPSA) is 66.5 Å². The smallest absolute Gasteiger partial charge is 0.254 e. The van der Waals surface area contributed by atoms with Gasteiger partial charge in [0, 0.05) is 12.3 Å². The molecule has 1 saturated heterocycles. The summed E-state index contributed by atoms with van der Waals surface area (Å²) in [4.78, 5) is 12.1. The van der Waals surface area contributed by atoms with E-state index in [1.54, 1.807) is 17.5 Å². The third kappa shape index (κ3) is 3.36. The maximum absolute atomic E-state index is 12.5. The number of hydrogen-bond donors (Lipinski definition) is 1. The van der Waals surface area contributed by atoms with Gasteiger partial charge in [0.1, 0.15) is 10.3 Å². The Hall–Kier alpha value is -0.570. The molecule has 0 radical (unpaired) electrons. The standard InChI is InChI=1S/C12H18N2O3S3/c1-9(2)6-13-12(15)10-7-18-8-14(10)20(16,17)11-4-3-5-19-11/h3-5,9-10H,6-8H2,1-2H3,(H,13,15). The van der Waals surface area contributed by atoms with E-state index in [9.17, 15) is 13.2 Å². The first-order valence-corrected chi connectivity index (χ1v) is 9.81. The summed E-state index contributed by atoms with van der Waals surface area (Å²) in [5.41, 5.74) is 0. The van der Waals surface area contributed by atoms with Crippen molar-refractivity contribution in [1.82, 2.24) is 9.62 Å². The van der Waals surface area contributed by atoms with Crippen LogP contribution in [-0.2, 0) is 14.8 Å². The van der Waals surface area contributed by atoms with Crippen molar-refractivity contribution < 1.29 is 13.2 Å². The quantitative estimate of drug-likeness (QED) is 0.888. The van der Waals surface area contributed by atoms with Crippen LogP contribution in [0.2, 0.25) is 0 Å². The van der Waals surface area contributed by atoms with Gasteiger partial charge in [-0.05, 0) is 17.4 Å². The summed E-state index contributed by atoms with van der Waals surface area (Å²) < 4.78 is 26.6. The van der Waals surface area contributed by atoms with Crippen LogP contribution in [0.25, 0.3) is 0 Å². The molecule has 1 aromatic heterocycles. The van der Waals surface area contributed by atoms with E-state index in [1.807, 2.05) is 13.8 Å². The average Bonchev–Trinajstić information content (AvgIpc) is 3.06. The molecule has 112 valence electrons. The molecule has 1 atom stereocenters. The van der Waals surface area contributed by atoms with Crippen LogP contribution in [0, 0.1) is 5.92 Å². The molecule has 5 nitrogen and oxygen atoms in total. The first kappa shape index (κ1) is 15.8. The van der Waals surface area contributed by atoms with Crippen LogP contribution < -0.4 is 5.32 Å². The minimum absolute atomic E-state index is 0.205. The van der Waals surface area contributed by atoms with Gasteiger partial charge in [-0.1, -0.05) is 19.9 Å². The van der Waals surface area contributed by atoms with Crippen molar-refractivity contribution >= 4 is 39.0 Å². The first-order chi connectivity index (χ1) is 9.43. The molecule has 0 aliphatic carbocycles. The minimum atomic E-state index is -3.56. The second-order valence-corrected chi connectivity index (χ2v) is 9.04. The zero-order chi connectivity index (χ0) is 14.8. The molecule has 1 aliphatic rings. The van der Waals surface area contributed by atoms with E-state index >= 15 is 0 Å². The van der Waals surface area contributed by atoms with Crippen LogP contribution >= 0.6 is 23.1 Å². The zero-order valence-electron chi connectivity index (χ0n) is 11.4. The Morgan fingerprint density at radius 1 is 1.55 bits per heavy atom. The fourth-order valence-corrected chi connectivity index (χ4v) is 6.09. The van der Waals surface area contributed by atoms with E-state index in [4.69, 9.17) is 0 Å². The molecule has 2 heterocycles. The van der Waals surface area contributed by atoms with Gasteiger partial charge in [0.2, 0.25) is 5.91 Å². The highest BCUT2D eigenvalue weighted by molar-refractivity contribution is 8.01. The summed E-state index contributed by atoms with van der Waals surface area (Å²) in [6.45, 7) is 4.57. The normalized spacial score (nSPS) is 20.4. The van der Waals surface area contributed by atoms with Gasteiger partial charge in [-0.25, -0.2) is 8.42 Å². The predicted octanol–water partition coefficient (Wildman–Crippen LogP) is 1.58. The summed E-state index contributed by atoms with van der Waals surface area (Å²) in [5.74, 6) is 0.980. The molecule has 0 spiro atoms. The lowest BCUT2D eigenvalue weighted by Crippen LogP contribution is -2.47. The van der Waals surface area contributed by atoms with Crippen molar-refractivity contribution in [3.05, 3.63) is 17.5 Å². The van der Waals surface area contributed by atoms with E-state index in [1.165, 1.54) is 27.4 Å². The van der Waals surface area contributed by atoms with Gasteiger partial charge in [0.15, 0.2) is 0 Å². The number of thioether (sulfide) groups is 1. The maximum Gasteiger partial charge on any atom is 0.254 e. The van der Waals surface area contributed by atoms with Crippen molar-refractivity contribution in [2.45, 2.75) is 24.1 Å². The van der Waals surface area contributed by atoms with E-state index in [0.29, 0.717) is 28.3 Å². The van der Waals surface area contributed by atoms with Crippen molar-refractivity contribution in [1.29, 1.82) is 0 Å². The Balaban J connectivity index is 2.13. The van der Waals surface area contributed by atoms with Crippen LogP contribution in [0.5, 0.6) is 0 Å². The fraction of sp³-hybridized carbons (Fsp3) is 0.583. The van der Waals surface area contributed by atoms with Crippen molar-refractivity contribution in [2.75, 3.05) is 18.2 Å². The molecule has 0 saturated carbocycles. The van der Waals surface area contributed by atoms with E-state index in [-0.39, 0.29) is 5.91 Å². The van der Waals surface area contributed by atoms with Gasteiger partial charge in [0.05, 0.1) is 5.88 Å². The summed E-state index contributed by atoms with van der Waals surface area (Å²) in [5, 5.41) is 4.54. The van der Waals surface area contributed by atoms with Crippen molar-refractivity contribution in [3.63, 3.8) is 0 Å². The molecule has 0 bridgehead atoms. The van der Waals surface area contributed by atoms with Crippen molar-refractivity contribution in [3.8, 4) is 0 Å². The third-order valence-corrected chi connectivity index (χ3v) is 7.29. The van der Waals surface area contributed by atoms with Gasteiger partial charge >= 0.3 is 0 Å². The number of thiophene rings is 1. The van der Waals surface area contributed by atoms with Crippen molar-refractivity contribution in [2.24, 2.45) is 5.92 Å². The lowest BCUT2D eigenvalue weighted by molar-refractivity contribution is -0.123. The highest BCUT2D eigenvalue weighted by Crippen LogP contribution is 2.30. The summed E-state index contributed by atoms with van der Waals surface area (Å²) in [6, 6.07) is 2.67. The zero-order valence-corrected chi connectivity index (χ0v) is 13.9. The number of rotatable bonds is 5. The number of carbonyl (C=O) groups is 1. The molecule has 8 heteroatoms.